The first-order chi connectivity index (χ1) is 12.1. The van der Waals surface area contributed by atoms with E-state index in [1.807, 2.05) is 37.8 Å². The molecule has 1 saturated heterocycles. The predicted molar refractivity (Wildman–Crippen MR) is 115 cm³/mol. The fraction of sp³-hybridized carbons (Fsp3) is 0.650. The van der Waals surface area contributed by atoms with Crippen molar-refractivity contribution < 1.29 is 9.90 Å². The number of aromatic hydroxyl groups is 1. The predicted octanol–water partition coefficient (Wildman–Crippen LogP) is 4.19. The van der Waals surface area contributed by atoms with Gasteiger partial charge in [-0.3, -0.25) is 0 Å². The standard InChI is InChI=1S/C18H29IN2O2.C2H6/c1-3-4-10-19-16-9-7-8-15(17(16)22)13-20-14(2)18(23)21-11-5-6-12-21;1-2/h7-9,14,19-20,22H,3-6,10-13H2,1-2H3;1-2H3. The van der Waals surface area contributed by atoms with Crippen molar-refractivity contribution in [3.05, 3.63) is 27.3 Å². The second kappa shape index (κ2) is 12.5. The molecule has 1 fully saturated rings. The summed E-state index contributed by atoms with van der Waals surface area (Å²) < 4.78 is 2.37. The molecular weight excluding hydrogens is 427 g/mol. The SMILES string of the molecule is CC.CCCC[IH]c1cccc(CNC(C)C(=O)N2CCCC2)c1O. The molecule has 1 unspecified atom stereocenters. The van der Waals surface area contributed by atoms with Gasteiger partial charge in [-0.05, 0) is 0 Å². The second-order valence-electron chi connectivity index (χ2n) is 6.10. The number of phenols is 1. The Hall–Kier alpha value is -0.820. The van der Waals surface area contributed by atoms with Crippen molar-refractivity contribution >= 4 is 27.1 Å². The molecule has 0 aliphatic carbocycles. The Morgan fingerprint density at radius 2 is 2.00 bits per heavy atom. The molecule has 0 saturated carbocycles. The summed E-state index contributed by atoms with van der Waals surface area (Å²) in [7, 11) is 0. The number of rotatable bonds is 8. The number of carbonyl (C=O) groups is 1. The van der Waals surface area contributed by atoms with Gasteiger partial charge in [-0.1, -0.05) is 13.8 Å². The van der Waals surface area contributed by atoms with Crippen molar-refractivity contribution in [1.29, 1.82) is 0 Å². The number of nitrogens with one attached hydrogen (secondary N) is 1. The first kappa shape index (κ1) is 22.2. The van der Waals surface area contributed by atoms with E-state index in [9.17, 15) is 9.90 Å². The first-order valence-electron chi connectivity index (χ1n) is 9.59. The third kappa shape index (κ3) is 7.13. The average molecular weight is 462 g/mol. The molecule has 25 heavy (non-hydrogen) atoms. The van der Waals surface area contributed by atoms with E-state index in [1.54, 1.807) is 0 Å². The number of alkyl halides is 1. The fourth-order valence-electron chi connectivity index (χ4n) is 2.72. The van der Waals surface area contributed by atoms with Crippen LogP contribution in [-0.4, -0.2) is 39.5 Å². The van der Waals surface area contributed by atoms with Gasteiger partial charge in [0.1, 0.15) is 0 Å². The maximum absolute atomic E-state index is 12.3. The maximum atomic E-state index is 12.3. The van der Waals surface area contributed by atoms with Crippen LogP contribution in [0.5, 0.6) is 5.75 Å². The molecule has 1 amide bonds. The normalized spacial score (nSPS) is 15.0. The number of benzene rings is 1. The molecule has 0 aromatic heterocycles. The number of nitrogens with zero attached hydrogens (tertiary/aromatic N) is 1. The summed E-state index contributed by atoms with van der Waals surface area (Å²) >= 11 is -0.306. The number of phenolic OH excluding ortho intramolecular Hbond substituents is 1. The van der Waals surface area contributed by atoms with Gasteiger partial charge in [0.2, 0.25) is 0 Å². The zero-order chi connectivity index (χ0) is 18.7. The number of amides is 1. The van der Waals surface area contributed by atoms with Gasteiger partial charge in [0, 0.05) is 0 Å². The van der Waals surface area contributed by atoms with Crippen molar-refractivity contribution in [3.63, 3.8) is 0 Å². The minimum absolute atomic E-state index is 0.176. The molecule has 1 aliphatic heterocycles. The van der Waals surface area contributed by atoms with Crippen LogP contribution in [0.3, 0.4) is 0 Å². The number of hydrogen-bond donors (Lipinski definition) is 2. The third-order valence-electron chi connectivity index (χ3n) is 4.22. The van der Waals surface area contributed by atoms with Crippen molar-refractivity contribution in [3.8, 4) is 5.75 Å². The van der Waals surface area contributed by atoms with Gasteiger partial charge >= 0.3 is 150 Å². The van der Waals surface area contributed by atoms with E-state index in [-0.39, 0.29) is 33.2 Å². The number of unbranched alkanes of at least 4 members (excludes halogenated alkanes) is 1. The minimum atomic E-state index is -0.306. The summed E-state index contributed by atoms with van der Waals surface area (Å²) in [6.07, 6.45) is 4.68. The molecule has 0 radical (unpaired) electrons. The van der Waals surface area contributed by atoms with Crippen LogP contribution in [0, 0.1) is 3.57 Å². The van der Waals surface area contributed by atoms with E-state index in [1.165, 1.54) is 17.3 Å². The summed E-state index contributed by atoms with van der Waals surface area (Å²) in [5, 5.41) is 13.7. The summed E-state index contributed by atoms with van der Waals surface area (Å²) in [4.78, 5) is 14.2. The van der Waals surface area contributed by atoms with Crippen molar-refractivity contribution in [2.45, 2.75) is 66.0 Å². The summed E-state index contributed by atoms with van der Waals surface area (Å²) in [6, 6.07) is 5.82. The van der Waals surface area contributed by atoms with Crippen LogP contribution in [0.1, 0.15) is 58.9 Å². The van der Waals surface area contributed by atoms with Crippen molar-refractivity contribution in [2.24, 2.45) is 0 Å². The zero-order valence-corrected chi connectivity index (χ0v) is 18.5. The summed E-state index contributed by atoms with van der Waals surface area (Å²) in [6.45, 7) is 10.4. The second-order valence-corrected chi connectivity index (χ2v) is 9.35. The van der Waals surface area contributed by atoms with Crippen LogP contribution in [0.15, 0.2) is 18.2 Å². The molecule has 1 aliphatic rings. The van der Waals surface area contributed by atoms with Crippen molar-refractivity contribution in [1.82, 2.24) is 10.2 Å². The van der Waals surface area contributed by atoms with E-state index in [0.717, 1.165) is 35.1 Å². The van der Waals surface area contributed by atoms with Crippen LogP contribution in [0.25, 0.3) is 0 Å². The average Bonchev–Trinajstić information content (AvgIpc) is 3.17. The summed E-state index contributed by atoms with van der Waals surface area (Å²) in [5.74, 6) is 0.620. The first-order valence-corrected chi connectivity index (χ1v) is 12.4. The topological polar surface area (TPSA) is 52.6 Å². The molecule has 1 aromatic carbocycles. The van der Waals surface area contributed by atoms with E-state index in [2.05, 4.69) is 18.3 Å². The van der Waals surface area contributed by atoms with Gasteiger partial charge in [0.25, 0.3) is 0 Å². The number of carbonyl (C=O) groups excluding carboxylic acids is 1. The van der Waals surface area contributed by atoms with E-state index >= 15 is 0 Å². The monoisotopic (exact) mass is 462 g/mol. The number of para-hydroxylation sites is 1. The molecule has 0 spiro atoms. The Morgan fingerprint density at radius 1 is 1.32 bits per heavy atom. The molecule has 4 nitrogen and oxygen atoms in total. The van der Waals surface area contributed by atoms with Gasteiger partial charge in [-0.25, -0.2) is 0 Å². The van der Waals surface area contributed by atoms with Crippen LogP contribution in [0.4, 0.5) is 0 Å². The molecule has 1 atom stereocenters. The van der Waals surface area contributed by atoms with Gasteiger partial charge in [-0.15, -0.1) is 0 Å². The Kier molecular flexibility index (Phi) is 11.1. The Balaban J connectivity index is 0.00000151. The van der Waals surface area contributed by atoms with Crippen LogP contribution >= 0.6 is 21.2 Å². The van der Waals surface area contributed by atoms with Crippen molar-refractivity contribution in [2.75, 3.05) is 17.5 Å². The molecule has 1 aromatic rings. The molecule has 5 heteroatoms. The number of halogens is 1. The quantitative estimate of drug-likeness (QED) is 0.346. The van der Waals surface area contributed by atoms with Crippen LogP contribution in [0.2, 0.25) is 0 Å². The zero-order valence-electron chi connectivity index (χ0n) is 16.2. The molecule has 0 bridgehead atoms. The molecule has 144 valence electrons. The molecular formula is C20H35IN2O2. The van der Waals surface area contributed by atoms with Gasteiger partial charge < -0.3 is 0 Å². The van der Waals surface area contributed by atoms with E-state index in [0.29, 0.717) is 12.3 Å². The Bertz CT molecular complexity index is 516. The Labute approximate surface area is 163 Å². The van der Waals surface area contributed by atoms with Crippen LogP contribution < -0.4 is 5.32 Å². The fourth-order valence-corrected chi connectivity index (χ4v) is 5.84. The van der Waals surface area contributed by atoms with Gasteiger partial charge in [-0.2, -0.15) is 0 Å². The Morgan fingerprint density at radius 3 is 2.64 bits per heavy atom. The third-order valence-corrected chi connectivity index (χ3v) is 7.46. The molecule has 2 N–H and O–H groups in total. The van der Waals surface area contributed by atoms with Gasteiger partial charge in [0.05, 0.1) is 0 Å². The van der Waals surface area contributed by atoms with Crippen LogP contribution in [-0.2, 0) is 11.3 Å². The van der Waals surface area contributed by atoms with E-state index < -0.39 is 0 Å². The number of hydrogen-bond acceptors (Lipinski definition) is 3. The van der Waals surface area contributed by atoms with E-state index in [4.69, 9.17) is 0 Å². The summed E-state index contributed by atoms with van der Waals surface area (Å²) in [5.41, 5.74) is 0.908. The molecule has 2 rings (SSSR count). The number of likely N-dealkylation sites (tertiary alicyclic amines) is 1. The van der Waals surface area contributed by atoms with Gasteiger partial charge in [0.15, 0.2) is 0 Å². The molecule has 1 heterocycles.